The predicted molar refractivity (Wildman–Crippen MR) is 95.4 cm³/mol. The van der Waals surface area contributed by atoms with E-state index in [1.807, 2.05) is 0 Å². The molecule has 0 radical (unpaired) electrons. The molecule has 2 aromatic carbocycles. The third kappa shape index (κ3) is 4.97. The number of fused-ring (bicyclic) bond motifs is 1. The molecule has 2 aromatic rings. The first-order valence-corrected chi connectivity index (χ1v) is 8.66. The smallest absolute Gasteiger partial charge is 0.339 e. The average Bonchev–Trinajstić information content (AvgIpc) is 2.69. The Morgan fingerprint density at radius 3 is 2.56 bits per heavy atom. The van der Waals surface area contributed by atoms with Crippen molar-refractivity contribution in [2.24, 2.45) is 0 Å². The van der Waals surface area contributed by atoms with Crippen molar-refractivity contribution in [1.82, 2.24) is 5.32 Å². The topological polar surface area (TPSA) is 73.9 Å². The fourth-order valence-electron chi connectivity index (χ4n) is 2.58. The third-order valence-electron chi connectivity index (χ3n) is 4.06. The van der Waals surface area contributed by atoms with E-state index in [1.165, 1.54) is 25.1 Å². The van der Waals surface area contributed by atoms with Gasteiger partial charge in [-0.25, -0.2) is 9.18 Å². The van der Waals surface area contributed by atoms with E-state index in [-0.39, 0.29) is 11.4 Å². The maximum Gasteiger partial charge on any atom is 0.339 e. The first-order chi connectivity index (χ1) is 13.0. The van der Waals surface area contributed by atoms with Gasteiger partial charge in [0.05, 0.1) is 5.56 Å². The zero-order chi connectivity index (χ0) is 19.2. The number of nitrogens with one attached hydrogen (secondary N) is 1. The van der Waals surface area contributed by atoms with Crippen LogP contribution in [-0.2, 0) is 16.0 Å². The van der Waals surface area contributed by atoms with Crippen molar-refractivity contribution < 1.29 is 28.2 Å². The highest BCUT2D eigenvalue weighted by Crippen LogP contribution is 2.31. The van der Waals surface area contributed by atoms with E-state index in [0.29, 0.717) is 37.7 Å². The Balaban J connectivity index is 1.48. The maximum absolute atomic E-state index is 12.9. The molecule has 1 aliphatic heterocycles. The second-order valence-electron chi connectivity index (χ2n) is 6.07. The van der Waals surface area contributed by atoms with Gasteiger partial charge in [-0.3, -0.25) is 4.79 Å². The third-order valence-corrected chi connectivity index (χ3v) is 4.06. The van der Waals surface area contributed by atoms with Crippen molar-refractivity contribution in [3.05, 3.63) is 59.4 Å². The number of hydrogen-bond acceptors (Lipinski definition) is 5. The minimum absolute atomic E-state index is 0.283. The first-order valence-electron chi connectivity index (χ1n) is 8.66. The molecule has 1 atom stereocenters. The summed E-state index contributed by atoms with van der Waals surface area (Å²) in [5.74, 6) is -0.268. The van der Waals surface area contributed by atoms with Crippen LogP contribution in [0.25, 0.3) is 0 Å². The van der Waals surface area contributed by atoms with Crippen LogP contribution >= 0.6 is 0 Å². The van der Waals surface area contributed by atoms with Gasteiger partial charge in [-0.15, -0.1) is 0 Å². The lowest BCUT2D eigenvalue weighted by Gasteiger charge is -2.19. The van der Waals surface area contributed by atoms with Crippen molar-refractivity contribution in [2.45, 2.75) is 19.4 Å². The van der Waals surface area contributed by atoms with E-state index in [0.717, 1.165) is 5.56 Å². The van der Waals surface area contributed by atoms with Gasteiger partial charge in [0, 0.05) is 6.54 Å². The molecule has 27 heavy (non-hydrogen) atoms. The van der Waals surface area contributed by atoms with E-state index in [9.17, 15) is 14.0 Å². The van der Waals surface area contributed by atoms with Crippen LogP contribution in [-0.4, -0.2) is 37.7 Å². The van der Waals surface area contributed by atoms with Crippen molar-refractivity contribution in [2.75, 3.05) is 19.8 Å². The molecule has 0 fully saturated rings. The summed E-state index contributed by atoms with van der Waals surface area (Å²) >= 11 is 0. The molecule has 0 saturated carbocycles. The van der Waals surface area contributed by atoms with Crippen molar-refractivity contribution in [3.8, 4) is 11.5 Å². The Labute approximate surface area is 156 Å². The average molecular weight is 373 g/mol. The number of benzene rings is 2. The lowest BCUT2D eigenvalue weighted by Crippen LogP contribution is -2.36. The van der Waals surface area contributed by atoms with E-state index in [1.54, 1.807) is 24.3 Å². The van der Waals surface area contributed by atoms with E-state index in [4.69, 9.17) is 14.2 Å². The SMILES string of the molecule is C[C@H](OC(=O)c1ccc2c(c1)OCCO2)C(=O)NCCc1ccc(F)cc1. The number of carbonyl (C=O) groups is 2. The van der Waals surface area contributed by atoms with Crippen LogP contribution < -0.4 is 14.8 Å². The molecule has 1 amide bonds. The fraction of sp³-hybridized carbons (Fsp3) is 0.300. The zero-order valence-corrected chi connectivity index (χ0v) is 14.9. The number of carbonyl (C=O) groups excluding carboxylic acids is 2. The van der Waals surface area contributed by atoms with E-state index >= 15 is 0 Å². The molecular weight excluding hydrogens is 353 g/mol. The van der Waals surface area contributed by atoms with Crippen LogP contribution in [0.5, 0.6) is 11.5 Å². The Bertz CT molecular complexity index is 822. The molecule has 1 aliphatic rings. The highest BCUT2D eigenvalue weighted by molar-refractivity contribution is 5.92. The molecule has 6 nitrogen and oxygen atoms in total. The van der Waals surface area contributed by atoms with Crippen LogP contribution in [0.1, 0.15) is 22.8 Å². The normalized spacial score (nSPS) is 13.6. The lowest BCUT2D eigenvalue weighted by atomic mass is 10.1. The fourth-order valence-corrected chi connectivity index (χ4v) is 2.58. The van der Waals surface area contributed by atoms with Gasteiger partial charge in [-0.1, -0.05) is 12.1 Å². The van der Waals surface area contributed by atoms with Gasteiger partial charge in [-0.2, -0.15) is 0 Å². The zero-order valence-electron chi connectivity index (χ0n) is 14.9. The standard InChI is InChI=1S/C20H20FNO5/c1-13(19(23)22-9-8-14-2-5-16(21)6-3-14)27-20(24)15-4-7-17-18(12-15)26-11-10-25-17/h2-7,12-13H,8-11H2,1H3,(H,22,23)/t13-/m0/s1. The van der Waals surface area contributed by atoms with E-state index in [2.05, 4.69) is 5.32 Å². The number of amides is 1. The monoisotopic (exact) mass is 373 g/mol. The lowest BCUT2D eigenvalue weighted by molar-refractivity contribution is -0.129. The van der Waals surface area contributed by atoms with Crippen LogP contribution in [0.4, 0.5) is 4.39 Å². The molecule has 0 aliphatic carbocycles. The summed E-state index contributed by atoms with van der Waals surface area (Å²) < 4.78 is 28.9. The molecular formula is C20H20FNO5. The number of esters is 1. The first kappa shape index (κ1) is 18.7. The highest BCUT2D eigenvalue weighted by atomic mass is 19.1. The van der Waals surface area contributed by atoms with Gasteiger partial charge in [-0.05, 0) is 49.2 Å². The number of rotatable bonds is 6. The summed E-state index contributed by atoms with van der Waals surface area (Å²) in [5.41, 5.74) is 1.18. The second-order valence-corrected chi connectivity index (χ2v) is 6.07. The van der Waals surface area contributed by atoms with Crippen LogP contribution in [0.3, 0.4) is 0 Å². The summed E-state index contributed by atoms with van der Waals surface area (Å²) in [4.78, 5) is 24.3. The minimum Gasteiger partial charge on any atom is -0.486 e. The molecule has 1 heterocycles. The Hall–Kier alpha value is -3.09. The minimum atomic E-state index is -0.945. The second kappa shape index (κ2) is 8.53. The molecule has 0 unspecified atom stereocenters. The van der Waals surface area contributed by atoms with Gasteiger partial charge >= 0.3 is 5.97 Å². The number of hydrogen-bond donors (Lipinski definition) is 1. The van der Waals surface area contributed by atoms with Crippen LogP contribution in [0.2, 0.25) is 0 Å². The van der Waals surface area contributed by atoms with Gasteiger partial charge in [0.2, 0.25) is 0 Å². The molecule has 7 heteroatoms. The molecule has 142 valence electrons. The summed E-state index contributed by atoms with van der Waals surface area (Å²) in [5, 5.41) is 2.70. The largest absolute Gasteiger partial charge is 0.486 e. The summed E-state index contributed by atoms with van der Waals surface area (Å²) in [7, 11) is 0. The highest BCUT2D eigenvalue weighted by Gasteiger charge is 2.20. The molecule has 0 saturated heterocycles. The molecule has 0 spiro atoms. The Morgan fingerprint density at radius 2 is 1.81 bits per heavy atom. The quantitative estimate of drug-likeness (QED) is 0.788. The van der Waals surface area contributed by atoms with E-state index < -0.39 is 18.0 Å². The Kier molecular flexibility index (Phi) is 5.90. The van der Waals surface area contributed by atoms with Gasteiger partial charge in [0.1, 0.15) is 19.0 Å². The summed E-state index contributed by atoms with van der Waals surface area (Å²) in [6.45, 7) is 2.74. The van der Waals surface area contributed by atoms with Crippen molar-refractivity contribution >= 4 is 11.9 Å². The summed E-state index contributed by atoms with van der Waals surface area (Å²) in [6.07, 6.45) is -0.395. The van der Waals surface area contributed by atoms with Gasteiger partial charge in [0.15, 0.2) is 17.6 Å². The van der Waals surface area contributed by atoms with Crippen LogP contribution in [0, 0.1) is 5.82 Å². The van der Waals surface area contributed by atoms with Gasteiger partial charge < -0.3 is 19.5 Å². The molecule has 1 N–H and O–H groups in total. The van der Waals surface area contributed by atoms with Crippen LogP contribution in [0.15, 0.2) is 42.5 Å². The number of ether oxygens (including phenoxy) is 3. The van der Waals surface area contributed by atoms with Crippen molar-refractivity contribution in [1.29, 1.82) is 0 Å². The van der Waals surface area contributed by atoms with Crippen molar-refractivity contribution in [3.63, 3.8) is 0 Å². The molecule has 3 rings (SSSR count). The Morgan fingerprint density at radius 1 is 1.11 bits per heavy atom. The number of halogens is 1. The predicted octanol–water partition coefficient (Wildman–Crippen LogP) is 2.50. The summed E-state index contributed by atoms with van der Waals surface area (Å²) in [6, 6.07) is 10.8. The molecule has 0 bridgehead atoms. The molecule has 0 aromatic heterocycles. The maximum atomic E-state index is 12.9. The van der Waals surface area contributed by atoms with Gasteiger partial charge in [0.25, 0.3) is 5.91 Å².